The molecule has 5 heterocycles. The molecule has 0 unspecified atom stereocenters. The number of carbonyl (C=O) groups excluding carboxylic acids is 2. The van der Waals surface area contributed by atoms with Crippen molar-refractivity contribution in [1.29, 1.82) is 0 Å². The van der Waals surface area contributed by atoms with E-state index in [-0.39, 0.29) is 11.5 Å². The first-order valence-electron chi connectivity index (χ1n) is 13.6. The summed E-state index contributed by atoms with van der Waals surface area (Å²) < 4.78 is 50.1. The fourth-order valence-corrected chi connectivity index (χ4v) is 6.05. The topological polar surface area (TPSA) is 181 Å². The van der Waals surface area contributed by atoms with Gasteiger partial charge in [0.05, 0.1) is 18.3 Å². The molecule has 2 aliphatic heterocycles. The molecule has 0 aliphatic carbocycles. The van der Waals surface area contributed by atoms with Crippen LogP contribution >= 0.6 is 0 Å². The highest BCUT2D eigenvalue weighted by molar-refractivity contribution is 7.88. The van der Waals surface area contributed by atoms with Gasteiger partial charge in [-0.05, 0) is 12.8 Å². The summed E-state index contributed by atoms with van der Waals surface area (Å²) in [5, 5.41) is 7.53. The van der Waals surface area contributed by atoms with E-state index in [0.717, 1.165) is 0 Å². The third-order valence-electron chi connectivity index (χ3n) is 7.27. The van der Waals surface area contributed by atoms with Crippen LogP contribution in [0.3, 0.4) is 0 Å². The zero-order valence-corrected chi connectivity index (χ0v) is 25.1. The lowest BCUT2D eigenvalue weighted by Crippen LogP contribution is -2.41. The van der Waals surface area contributed by atoms with Gasteiger partial charge in [0.2, 0.25) is 10.0 Å². The minimum atomic E-state index is -3.25. The van der Waals surface area contributed by atoms with E-state index in [1.165, 1.54) is 37.1 Å². The van der Waals surface area contributed by atoms with E-state index in [1.807, 2.05) is 20.8 Å². The Morgan fingerprint density at radius 1 is 1.05 bits per heavy atom. The largest absolute Gasteiger partial charge is 0.455 e. The number of hydrogen-bond acceptors (Lipinski definition) is 13. The Kier molecular flexibility index (Phi) is 7.98. The first kappa shape index (κ1) is 29.8. The SMILES string of the molecule is CC(=O)O[C@@H]1[C@@H](OC(C)=O)[C@H](n2cnc3c(NC4CCN(S(C)(=O)=O)CC4)ncnc32)O[C@@H]1c1cc(C(C)(C)C)no1. The average molecular weight is 606 g/mol. The van der Waals surface area contributed by atoms with Gasteiger partial charge in [-0.15, -0.1) is 0 Å². The Bertz CT molecular complexity index is 1570. The normalized spacial score (nSPS) is 24.1. The van der Waals surface area contributed by atoms with Gasteiger partial charge in [-0.3, -0.25) is 14.2 Å². The molecular weight excluding hydrogens is 570 g/mol. The predicted molar refractivity (Wildman–Crippen MR) is 148 cm³/mol. The zero-order valence-electron chi connectivity index (χ0n) is 24.3. The van der Waals surface area contributed by atoms with Gasteiger partial charge in [-0.2, -0.15) is 0 Å². The Morgan fingerprint density at radius 3 is 2.31 bits per heavy atom. The van der Waals surface area contributed by atoms with Crippen LogP contribution in [0.4, 0.5) is 5.82 Å². The van der Waals surface area contributed by atoms with Gasteiger partial charge in [-0.25, -0.2) is 27.7 Å². The lowest BCUT2D eigenvalue weighted by Gasteiger charge is -2.30. The molecule has 42 heavy (non-hydrogen) atoms. The van der Waals surface area contributed by atoms with E-state index in [9.17, 15) is 18.0 Å². The van der Waals surface area contributed by atoms with Crippen molar-refractivity contribution in [2.45, 2.75) is 83.5 Å². The average Bonchev–Trinajstić information content (AvgIpc) is 3.62. The second kappa shape index (κ2) is 11.2. The van der Waals surface area contributed by atoms with Crippen LogP contribution in [0.15, 0.2) is 23.2 Å². The molecule has 0 bridgehead atoms. The fraction of sp³-hybridized carbons (Fsp3) is 0.615. The van der Waals surface area contributed by atoms with Crippen LogP contribution in [0.25, 0.3) is 11.2 Å². The van der Waals surface area contributed by atoms with Gasteiger partial charge in [0, 0.05) is 44.5 Å². The van der Waals surface area contributed by atoms with Gasteiger partial charge in [0.25, 0.3) is 0 Å². The smallest absolute Gasteiger partial charge is 0.303 e. The Labute approximate surface area is 243 Å². The van der Waals surface area contributed by atoms with Crippen LogP contribution < -0.4 is 5.32 Å². The number of carbonyl (C=O) groups is 2. The summed E-state index contributed by atoms with van der Waals surface area (Å²) in [6, 6.07) is 1.71. The lowest BCUT2D eigenvalue weighted by atomic mass is 9.92. The summed E-state index contributed by atoms with van der Waals surface area (Å²) in [4.78, 5) is 37.6. The van der Waals surface area contributed by atoms with Crippen molar-refractivity contribution in [2.75, 3.05) is 24.7 Å². The molecule has 3 aromatic rings. The maximum absolute atomic E-state index is 12.2. The molecule has 0 aromatic carbocycles. The Balaban J connectivity index is 1.46. The van der Waals surface area contributed by atoms with Gasteiger partial charge in [0.1, 0.15) is 6.33 Å². The number of nitrogens with zero attached hydrogens (tertiary/aromatic N) is 6. The van der Waals surface area contributed by atoms with Crippen LogP contribution in [-0.2, 0) is 39.2 Å². The van der Waals surface area contributed by atoms with Crippen molar-refractivity contribution < 1.29 is 36.7 Å². The number of piperidine rings is 1. The van der Waals surface area contributed by atoms with Gasteiger partial charge in [-0.1, -0.05) is 25.9 Å². The monoisotopic (exact) mass is 605 g/mol. The van der Waals surface area contributed by atoms with Crippen LogP contribution in [0.2, 0.25) is 0 Å². The van der Waals surface area contributed by atoms with Crippen LogP contribution in [0.1, 0.15) is 71.2 Å². The molecular formula is C26H35N7O8S. The number of sulfonamides is 1. The molecule has 5 rings (SSSR count). The van der Waals surface area contributed by atoms with Crippen molar-refractivity contribution >= 4 is 38.9 Å². The lowest BCUT2D eigenvalue weighted by molar-refractivity contribution is -0.165. The van der Waals surface area contributed by atoms with Crippen LogP contribution in [-0.4, -0.2) is 86.9 Å². The molecule has 2 aliphatic rings. The maximum Gasteiger partial charge on any atom is 0.303 e. The summed E-state index contributed by atoms with van der Waals surface area (Å²) in [5.74, 6) is -0.404. The van der Waals surface area contributed by atoms with Crippen LogP contribution in [0.5, 0.6) is 0 Å². The van der Waals surface area contributed by atoms with E-state index in [1.54, 1.807) is 10.6 Å². The molecule has 16 heteroatoms. The molecule has 228 valence electrons. The number of fused-ring (bicyclic) bond motifs is 1. The quantitative estimate of drug-likeness (QED) is 0.387. The molecule has 0 saturated carbocycles. The fourth-order valence-electron chi connectivity index (χ4n) is 5.18. The molecule has 1 N–H and O–H groups in total. The Hall–Kier alpha value is -3.63. The minimum absolute atomic E-state index is 0.0241. The highest BCUT2D eigenvalue weighted by Gasteiger charge is 2.53. The van der Waals surface area contributed by atoms with E-state index < -0.39 is 46.5 Å². The first-order chi connectivity index (χ1) is 19.7. The maximum atomic E-state index is 12.2. The second-order valence-corrected chi connectivity index (χ2v) is 13.6. The standard InChI is InChI=1S/C26H35N7O8S/c1-14(34)38-21-20(17-11-18(31-41-17)26(3,4)5)40-25(22(21)39-15(2)35)33-13-29-19-23(27-12-28-24(19)33)30-16-7-9-32(10-8-16)42(6,36)37/h11-13,16,20-22,25H,7-10H2,1-6H3,(H,27,28,30)/t20-,21+,22-,25-/m1/s1. The molecule has 2 saturated heterocycles. The van der Waals surface area contributed by atoms with Crippen molar-refractivity contribution in [3.63, 3.8) is 0 Å². The molecule has 0 radical (unpaired) electrons. The summed E-state index contributed by atoms with van der Waals surface area (Å²) >= 11 is 0. The van der Waals surface area contributed by atoms with Crippen molar-refractivity contribution in [2.24, 2.45) is 0 Å². The molecule has 0 amide bonds. The third-order valence-corrected chi connectivity index (χ3v) is 8.57. The van der Waals surface area contributed by atoms with Crippen LogP contribution in [0, 0.1) is 0 Å². The molecule has 3 aromatic heterocycles. The third kappa shape index (κ3) is 6.10. The molecule has 4 atom stereocenters. The van der Waals surface area contributed by atoms with Crippen molar-refractivity contribution in [3.8, 4) is 0 Å². The summed E-state index contributed by atoms with van der Waals surface area (Å²) in [5.41, 5.74) is 1.19. The number of rotatable bonds is 7. The Morgan fingerprint density at radius 2 is 1.71 bits per heavy atom. The number of esters is 2. The minimum Gasteiger partial charge on any atom is -0.455 e. The van der Waals surface area contributed by atoms with Gasteiger partial charge < -0.3 is 24.1 Å². The highest BCUT2D eigenvalue weighted by Crippen LogP contribution is 2.44. The number of hydrogen-bond donors (Lipinski definition) is 1. The van der Waals surface area contributed by atoms with Crippen molar-refractivity contribution in [1.82, 2.24) is 29.0 Å². The van der Waals surface area contributed by atoms with E-state index in [0.29, 0.717) is 54.4 Å². The zero-order chi connectivity index (χ0) is 30.4. The van der Waals surface area contributed by atoms with Crippen molar-refractivity contribution in [3.05, 3.63) is 30.2 Å². The summed E-state index contributed by atoms with van der Waals surface area (Å²) in [6.45, 7) is 9.26. The second-order valence-electron chi connectivity index (χ2n) is 11.6. The van der Waals surface area contributed by atoms with Gasteiger partial charge >= 0.3 is 11.9 Å². The number of nitrogens with one attached hydrogen (secondary N) is 1. The van der Waals surface area contributed by atoms with E-state index in [4.69, 9.17) is 18.7 Å². The predicted octanol–water partition coefficient (Wildman–Crippen LogP) is 2.08. The number of aromatic nitrogens is 5. The summed E-state index contributed by atoms with van der Waals surface area (Å²) in [7, 11) is -3.25. The molecule has 2 fully saturated rings. The number of ether oxygens (including phenoxy) is 3. The number of anilines is 1. The summed E-state index contributed by atoms with van der Waals surface area (Å²) in [6.07, 6.45) is 1.22. The molecule has 15 nitrogen and oxygen atoms in total. The molecule has 0 spiro atoms. The number of imidazole rings is 1. The van der Waals surface area contributed by atoms with E-state index in [2.05, 4.69) is 25.4 Å². The van der Waals surface area contributed by atoms with E-state index >= 15 is 0 Å². The highest BCUT2D eigenvalue weighted by atomic mass is 32.2. The first-order valence-corrected chi connectivity index (χ1v) is 15.4. The van der Waals surface area contributed by atoms with Gasteiger partial charge in [0.15, 0.2) is 47.3 Å².